The highest BCUT2D eigenvalue weighted by Crippen LogP contribution is 2.48. The number of allylic oxidation sites excluding steroid dienone is 2. The first-order valence-electron chi connectivity index (χ1n) is 23.9. The van der Waals surface area contributed by atoms with Gasteiger partial charge in [0.1, 0.15) is 41.2 Å². The Labute approximate surface area is 386 Å². The second-order valence-electron chi connectivity index (χ2n) is 20.2. The lowest BCUT2D eigenvalue weighted by atomic mass is 9.71. The van der Waals surface area contributed by atoms with Gasteiger partial charge in [-0.3, -0.25) is 4.79 Å². The van der Waals surface area contributed by atoms with Crippen LogP contribution in [0.5, 0.6) is 0 Å². The lowest BCUT2D eigenvalue weighted by molar-refractivity contribution is -0.340. The third-order valence-electron chi connectivity index (χ3n) is 15.4. The van der Waals surface area contributed by atoms with Gasteiger partial charge in [-0.05, 0) is 69.1 Å². The average Bonchev–Trinajstić information content (AvgIpc) is 3.59. The number of rotatable bonds is 9. The first-order chi connectivity index (χ1) is 30.7. The highest BCUT2D eigenvalue weighted by molar-refractivity contribution is 7.91. The van der Waals surface area contributed by atoms with Crippen molar-refractivity contribution in [3.63, 3.8) is 0 Å². The minimum atomic E-state index is -3.45. The zero-order valence-electron chi connectivity index (χ0n) is 40.3. The molecule has 1 unspecified atom stereocenters. The van der Waals surface area contributed by atoms with E-state index < -0.39 is 106 Å². The molecule has 15 nitrogen and oxygen atoms in total. The Balaban J connectivity index is 1.16. The lowest BCUT2D eigenvalue weighted by Crippen LogP contribution is -2.58. The van der Waals surface area contributed by atoms with Crippen LogP contribution in [0.1, 0.15) is 107 Å². The summed E-state index contributed by atoms with van der Waals surface area (Å²) in [4.78, 5) is 14.4. The van der Waals surface area contributed by atoms with Crippen LogP contribution >= 0.6 is 0 Å². The molecule has 5 fully saturated rings. The molecule has 2 N–H and O–H groups in total. The van der Waals surface area contributed by atoms with E-state index in [9.17, 15) is 23.4 Å². The van der Waals surface area contributed by atoms with Crippen molar-refractivity contribution in [2.24, 2.45) is 23.7 Å². The molecular formula is C49H76O15S. The van der Waals surface area contributed by atoms with Gasteiger partial charge >= 0.3 is 5.97 Å². The molecule has 0 aromatic rings. The molecule has 1 spiro atoms. The molecule has 0 amide bonds. The molecule has 6 heterocycles. The van der Waals surface area contributed by atoms with Crippen LogP contribution in [0.2, 0.25) is 0 Å². The number of esters is 1. The molecule has 0 aromatic heterocycles. The molecule has 0 saturated carbocycles. The number of aliphatic hydroxyl groups is 2. The summed E-state index contributed by atoms with van der Waals surface area (Å²) in [5, 5.41) is 23.0. The first-order valence-corrected chi connectivity index (χ1v) is 25.8. The van der Waals surface area contributed by atoms with E-state index in [1.807, 2.05) is 26.0 Å². The van der Waals surface area contributed by atoms with Crippen LogP contribution in [0.15, 0.2) is 47.1 Å². The van der Waals surface area contributed by atoms with Crippen LogP contribution < -0.4 is 0 Å². The second-order valence-corrected chi connectivity index (χ2v) is 22.4. The molecule has 7 rings (SSSR count). The highest BCUT2D eigenvalue weighted by atomic mass is 32.2. The van der Waals surface area contributed by atoms with Crippen molar-refractivity contribution in [1.82, 2.24) is 0 Å². The number of hydrogen-bond acceptors (Lipinski definition) is 15. The van der Waals surface area contributed by atoms with E-state index in [0.29, 0.717) is 55.1 Å². The van der Waals surface area contributed by atoms with Gasteiger partial charge in [0.05, 0.1) is 49.3 Å². The van der Waals surface area contributed by atoms with Crippen LogP contribution in [-0.2, 0) is 62.0 Å². The van der Waals surface area contributed by atoms with Crippen LogP contribution in [0.4, 0.5) is 0 Å². The molecule has 6 aliphatic heterocycles. The minimum absolute atomic E-state index is 0.0216. The predicted octanol–water partition coefficient (Wildman–Crippen LogP) is 5.65. The molecule has 368 valence electrons. The number of hydrogen-bond donors (Lipinski definition) is 2. The molecule has 65 heavy (non-hydrogen) atoms. The fourth-order valence-corrected chi connectivity index (χ4v) is 13.1. The van der Waals surface area contributed by atoms with Gasteiger partial charge in [-0.25, -0.2) is 8.42 Å². The zero-order chi connectivity index (χ0) is 47.2. The SMILES string of the molecule is CCC(C)[C@H]1O[C@]2(CC[C@@H]1C)C[C@@H]1C[C@@H](C/C=C(\C)[C@@H](O[C@H]3C[C@H](OC)[C@@H](O[C@H]4C[C@H](OC)[C@H](S(C)(=O)=O)[C@H](C)O4)[C@H](C)O3)[C@@H](C)/C=C/C=C3\CO[C@@H]4[C@H](O)C(C)=C[C@@H](C(=O)O1)[C@]34O)O2. The average molecular weight is 937 g/mol. The second kappa shape index (κ2) is 20.5. The Bertz CT molecular complexity index is 1910. The third kappa shape index (κ3) is 10.6. The van der Waals surface area contributed by atoms with Gasteiger partial charge < -0.3 is 57.6 Å². The third-order valence-corrected chi connectivity index (χ3v) is 17.1. The summed E-state index contributed by atoms with van der Waals surface area (Å²) >= 11 is 0. The number of carbonyl (C=O) groups is 1. The standard InChI is InChI=1S/C49H76O15S/c1-12-26(2)43-29(5)18-19-48(64-43)24-35-21-34(63-48)17-16-28(4)42(27(3)14-13-15-33-25-57-46-41(50)30(6)20-36(47(51)60-35)49(33,46)52)61-39-22-37(55-9)44(31(7)58-39)62-40-23-38(56-10)45(32(8)59-40)65(11,53)54/h13-16,20,26-27,29,31-32,34-46,50,52H,12,17-19,21-25H2,1-11H3/b14-13+,28-16+,33-15+/t26?,27-,29-,31-,32-,34+,35-,36-,37-,38-,39-,40-,41+,42-,43+,44-,45+,46+,48+,49+/m0/s1. The lowest BCUT2D eigenvalue weighted by Gasteiger charge is -2.51. The summed E-state index contributed by atoms with van der Waals surface area (Å²) < 4.78 is 89.3. The maximum absolute atomic E-state index is 14.4. The van der Waals surface area contributed by atoms with Crippen LogP contribution in [0.3, 0.4) is 0 Å². The summed E-state index contributed by atoms with van der Waals surface area (Å²) in [6.45, 7) is 16.1. The number of fused-ring (bicyclic) bond motifs is 2. The Morgan fingerprint density at radius 2 is 1.63 bits per heavy atom. The highest BCUT2D eigenvalue weighted by Gasteiger charge is 2.60. The molecule has 1 aliphatic carbocycles. The van der Waals surface area contributed by atoms with Crippen molar-refractivity contribution in [2.75, 3.05) is 27.1 Å². The maximum atomic E-state index is 14.4. The topological polar surface area (TPSA) is 184 Å². The Morgan fingerprint density at radius 1 is 0.938 bits per heavy atom. The van der Waals surface area contributed by atoms with E-state index >= 15 is 0 Å². The van der Waals surface area contributed by atoms with E-state index in [1.165, 1.54) is 13.4 Å². The van der Waals surface area contributed by atoms with Gasteiger partial charge in [-0.15, -0.1) is 0 Å². The molecule has 7 aliphatic rings. The number of carbonyl (C=O) groups excluding carboxylic acids is 1. The number of ether oxygens (including phenoxy) is 10. The minimum Gasteiger partial charge on any atom is -0.462 e. The molecule has 2 bridgehead atoms. The molecule has 0 radical (unpaired) electrons. The predicted molar refractivity (Wildman–Crippen MR) is 240 cm³/mol. The van der Waals surface area contributed by atoms with E-state index in [1.54, 1.807) is 33.1 Å². The van der Waals surface area contributed by atoms with Gasteiger partial charge in [0.15, 0.2) is 28.2 Å². The first kappa shape index (κ1) is 50.8. The monoisotopic (exact) mass is 936 g/mol. The van der Waals surface area contributed by atoms with E-state index in [-0.39, 0.29) is 31.2 Å². The fraction of sp³-hybridized carbons (Fsp3) is 0.816. The van der Waals surface area contributed by atoms with E-state index in [2.05, 4.69) is 33.8 Å². The van der Waals surface area contributed by atoms with Gasteiger partial charge in [0.25, 0.3) is 0 Å². The van der Waals surface area contributed by atoms with Crippen molar-refractivity contribution in [1.29, 1.82) is 0 Å². The van der Waals surface area contributed by atoms with Crippen molar-refractivity contribution in [2.45, 2.75) is 203 Å². The van der Waals surface area contributed by atoms with Gasteiger partial charge in [0.2, 0.25) is 0 Å². The Kier molecular flexibility index (Phi) is 16.0. The molecular weight excluding hydrogens is 861 g/mol. The van der Waals surface area contributed by atoms with Crippen LogP contribution in [0, 0.1) is 23.7 Å². The molecule has 5 saturated heterocycles. The number of methoxy groups -OCH3 is 2. The summed E-state index contributed by atoms with van der Waals surface area (Å²) in [6.07, 6.45) is 7.23. The van der Waals surface area contributed by atoms with Gasteiger partial charge in [-0.2, -0.15) is 0 Å². The molecule has 20 atom stereocenters. The van der Waals surface area contributed by atoms with Crippen molar-refractivity contribution in [3.05, 3.63) is 47.1 Å². The summed E-state index contributed by atoms with van der Waals surface area (Å²) in [5.41, 5.74) is 0.116. The van der Waals surface area contributed by atoms with Crippen molar-refractivity contribution >= 4 is 15.8 Å². The Hall–Kier alpha value is -2.06. The largest absolute Gasteiger partial charge is 0.462 e. The maximum Gasteiger partial charge on any atom is 0.316 e. The van der Waals surface area contributed by atoms with Crippen molar-refractivity contribution in [3.8, 4) is 0 Å². The normalized spacial score (nSPS) is 47.9. The summed E-state index contributed by atoms with van der Waals surface area (Å²) in [5.74, 6) is -2.20. The van der Waals surface area contributed by atoms with Crippen LogP contribution in [0.25, 0.3) is 0 Å². The number of sulfone groups is 1. The fourth-order valence-electron chi connectivity index (χ4n) is 11.6. The van der Waals surface area contributed by atoms with E-state index in [4.69, 9.17) is 47.4 Å². The van der Waals surface area contributed by atoms with Gasteiger partial charge in [-0.1, -0.05) is 64.5 Å². The van der Waals surface area contributed by atoms with E-state index in [0.717, 1.165) is 18.4 Å². The summed E-state index contributed by atoms with van der Waals surface area (Å²) in [6, 6.07) is 0. The molecule has 0 aromatic carbocycles. The van der Waals surface area contributed by atoms with Crippen molar-refractivity contribution < 1.29 is 70.8 Å². The zero-order valence-corrected chi connectivity index (χ0v) is 41.1. The summed E-state index contributed by atoms with van der Waals surface area (Å²) in [7, 11) is -0.325. The molecule has 16 heteroatoms. The quantitative estimate of drug-likeness (QED) is 0.213. The van der Waals surface area contributed by atoms with Gasteiger partial charge in [0, 0.05) is 58.5 Å². The number of aliphatic hydroxyl groups excluding tert-OH is 1. The van der Waals surface area contributed by atoms with Crippen LogP contribution in [-0.4, -0.2) is 148 Å². The Morgan fingerprint density at radius 3 is 2.32 bits per heavy atom. The smallest absolute Gasteiger partial charge is 0.316 e.